The van der Waals surface area contributed by atoms with Crippen molar-refractivity contribution in [1.82, 2.24) is 0 Å². The molecule has 2 rings (SSSR count). The minimum absolute atomic E-state index is 0.0992. The highest BCUT2D eigenvalue weighted by atomic mass is 79.9. The van der Waals surface area contributed by atoms with E-state index in [1.807, 2.05) is 26.1 Å². The summed E-state index contributed by atoms with van der Waals surface area (Å²) >= 11 is 6.72. The van der Waals surface area contributed by atoms with Crippen LogP contribution in [0.15, 0.2) is 27.7 Å². The molecule has 96 valence electrons. The Labute approximate surface area is 124 Å². The average molecular weight is 373 g/mol. The standard InChI is InChI=1S/C14H15Br2NO/c1-4-9-5-6-11-10(7-9)14(2,8-12(15)16)13(18)17(11)3/h5-8H,4H2,1-3H3. The molecule has 2 nitrogen and oxygen atoms in total. The van der Waals surface area contributed by atoms with Crippen molar-refractivity contribution in [3.8, 4) is 0 Å². The van der Waals surface area contributed by atoms with Crippen LogP contribution in [-0.2, 0) is 16.6 Å². The smallest absolute Gasteiger partial charge is 0.241 e. The first-order chi connectivity index (χ1) is 8.40. The summed E-state index contributed by atoms with van der Waals surface area (Å²) in [6, 6.07) is 6.25. The van der Waals surface area contributed by atoms with E-state index >= 15 is 0 Å². The molecule has 1 aliphatic heterocycles. The number of likely N-dealkylation sites (N-methyl/N-ethyl adjacent to an activating group) is 1. The maximum Gasteiger partial charge on any atom is 0.241 e. The van der Waals surface area contributed by atoms with E-state index < -0.39 is 5.41 Å². The van der Waals surface area contributed by atoms with Gasteiger partial charge in [0.1, 0.15) is 0 Å². The van der Waals surface area contributed by atoms with Gasteiger partial charge in [0.25, 0.3) is 0 Å². The van der Waals surface area contributed by atoms with E-state index in [1.165, 1.54) is 5.56 Å². The number of carbonyl (C=O) groups is 1. The Morgan fingerprint density at radius 2 is 2.11 bits per heavy atom. The van der Waals surface area contributed by atoms with E-state index in [9.17, 15) is 4.79 Å². The van der Waals surface area contributed by atoms with E-state index in [4.69, 9.17) is 0 Å². The number of carbonyl (C=O) groups excluding carboxylic acids is 1. The highest BCUT2D eigenvalue weighted by Gasteiger charge is 2.44. The summed E-state index contributed by atoms with van der Waals surface area (Å²) in [5.41, 5.74) is 2.72. The lowest BCUT2D eigenvalue weighted by Gasteiger charge is -2.19. The number of halogens is 2. The van der Waals surface area contributed by atoms with Crippen molar-refractivity contribution in [1.29, 1.82) is 0 Å². The Morgan fingerprint density at radius 3 is 2.67 bits per heavy atom. The molecule has 0 aliphatic carbocycles. The highest BCUT2D eigenvalue weighted by Crippen LogP contribution is 2.43. The number of hydrogen-bond donors (Lipinski definition) is 0. The molecule has 0 saturated heterocycles. The summed E-state index contributed by atoms with van der Waals surface area (Å²) in [5.74, 6) is 0.0992. The molecule has 1 heterocycles. The molecule has 0 N–H and O–H groups in total. The van der Waals surface area contributed by atoms with Crippen LogP contribution in [0.5, 0.6) is 0 Å². The van der Waals surface area contributed by atoms with Crippen LogP contribution in [0.3, 0.4) is 0 Å². The van der Waals surface area contributed by atoms with Gasteiger partial charge in [-0.3, -0.25) is 4.79 Å². The number of amides is 1. The van der Waals surface area contributed by atoms with E-state index in [2.05, 4.69) is 50.9 Å². The van der Waals surface area contributed by atoms with Gasteiger partial charge in [0.2, 0.25) is 5.91 Å². The third-order valence-corrected chi connectivity index (χ3v) is 3.99. The minimum atomic E-state index is -0.600. The average Bonchev–Trinajstić information content (AvgIpc) is 2.51. The quantitative estimate of drug-likeness (QED) is 0.764. The molecule has 0 radical (unpaired) electrons. The van der Waals surface area contributed by atoms with Crippen LogP contribution in [0.1, 0.15) is 25.0 Å². The van der Waals surface area contributed by atoms with Gasteiger partial charge in [-0.2, -0.15) is 0 Å². The van der Waals surface area contributed by atoms with Crippen LogP contribution in [0.2, 0.25) is 0 Å². The number of benzene rings is 1. The highest BCUT2D eigenvalue weighted by molar-refractivity contribution is 9.28. The lowest BCUT2D eigenvalue weighted by molar-refractivity contribution is -0.120. The summed E-state index contributed by atoms with van der Waals surface area (Å²) in [6.45, 7) is 4.08. The molecular weight excluding hydrogens is 358 g/mol. The molecule has 4 heteroatoms. The fourth-order valence-corrected chi connectivity index (χ4v) is 3.36. The maximum atomic E-state index is 12.5. The van der Waals surface area contributed by atoms with Gasteiger partial charge in [0, 0.05) is 12.7 Å². The zero-order chi connectivity index (χ0) is 13.5. The second-order valence-electron chi connectivity index (χ2n) is 4.71. The van der Waals surface area contributed by atoms with E-state index in [0.29, 0.717) is 0 Å². The van der Waals surface area contributed by atoms with E-state index in [1.54, 1.807) is 4.90 Å². The molecule has 0 aromatic heterocycles. The minimum Gasteiger partial charge on any atom is -0.314 e. The van der Waals surface area contributed by atoms with Crippen LogP contribution in [0.25, 0.3) is 0 Å². The Morgan fingerprint density at radius 1 is 1.44 bits per heavy atom. The number of hydrogen-bond acceptors (Lipinski definition) is 1. The van der Waals surface area contributed by atoms with Gasteiger partial charge in [-0.05, 0) is 68.5 Å². The van der Waals surface area contributed by atoms with Gasteiger partial charge in [0.05, 0.1) is 8.81 Å². The Balaban J connectivity index is 2.66. The largest absolute Gasteiger partial charge is 0.314 e. The second kappa shape index (κ2) is 4.82. The van der Waals surface area contributed by atoms with Crippen LogP contribution >= 0.6 is 31.9 Å². The molecule has 1 aliphatic rings. The van der Waals surface area contributed by atoms with Crippen LogP contribution < -0.4 is 4.90 Å². The maximum absolute atomic E-state index is 12.5. The lowest BCUT2D eigenvalue weighted by atomic mass is 9.83. The molecular formula is C14H15Br2NO. The summed E-state index contributed by atoms with van der Waals surface area (Å²) in [6.07, 6.45) is 2.89. The molecule has 0 bridgehead atoms. The third-order valence-electron chi connectivity index (χ3n) is 3.54. The first-order valence-corrected chi connectivity index (χ1v) is 7.44. The van der Waals surface area contributed by atoms with Gasteiger partial charge < -0.3 is 4.90 Å². The predicted molar refractivity (Wildman–Crippen MR) is 82.5 cm³/mol. The summed E-state index contributed by atoms with van der Waals surface area (Å²) < 4.78 is 0.800. The van der Waals surface area contributed by atoms with Crippen molar-refractivity contribution in [2.75, 3.05) is 11.9 Å². The number of fused-ring (bicyclic) bond motifs is 1. The molecule has 0 fully saturated rings. The molecule has 1 aromatic carbocycles. The molecule has 1 unspecified atom stereocenters. The third kappa shape index (κ3) is 2.05. The topological polar surface area (TPSA) is 20.3 Å². The van der Waals surface area contributed by atoms with Gasteiger partial charge in [-0.1, -0.05) is 19.1 Å². The monoisotopic (exact) mass is 371 g/mol. The predicted octanol–water partition coefficient (Wildman–Crippen LogP) is 4.11. The van der Waals surface area contributed by atoms with Crippen LogP contribution in [-0.4, -0.2) is 13.0 Å². The Kier molecular flexibility index (Phi) is 3.70. The molecule has 1 amide bonds. The molecule has 1 aromatic rings. The van der Waals surface area contributed by atoms with Crippen molar-refractivity contribution >= 4 is 43.5 Å². The normalized spacial score (nSPS) is 22.1. The Bertz CT molecular complexity index is 535. The van der Waals surface area contributed by atoms with Crippen molar-refractivity contribution in [3.05, 3.63) is 38.8 Å². The number of aryl methyl sites for hydroxylation is 1. The summed E-state index contributed by atoms with van der Waals surface area (Å²) in [4.78, 5) is 14.2. The van der Waals surface area contributed by atoms with E-state index in [-0.39, 0.29) is 5.91 Å². The lowest BCUT2D eigenvalue weighted by Crippen LogP contribution is -2.34. The van der Waals surface area contributed by atoms with Crippen LogP contribution in [0, 0.1) is 0 Å². The van der Waals surface area contributed by atoms with Crippen LogP contribution in [0.4, 0.5) is 5.69 Å². The molecule has 0 spiro atoms. The molecule has 18 heavy (non-hydrogen) atoms. The zero-order valence-corrected chi connectivity index (χ0v) is 13.8. The number of nitrogens with zero attached hydrogens (tertiary/aromatic N) is 1. The van der Waals surface area contributed by atoms with Crippen molar-refractivity contribution < 1.29 is 4.79 Å². The number of rotatable bonds is 2. The van der Waals surface area contributed by atoms with Crippen molar-refractivity contribution in [3.63, 3.8) is 0 Å². The van der Waals surface area contributed by atoms with Crippen molar-refractivity contribution in [2.45, 2.75) is 25.7 Å². The summed E-state index contributed by atoms with van der Waals surface area (Å²) in [7, 11) is 1.83. The van der Waals surface area contributed by atoms with Gasteiger partial charge in [-0.15, -0.1) is 0 Å². The van der Waals surface area contributed by atoms with Gasteiger partial charge in [-0.25, -0.2) is 0 Å². The first kappa shape index (κ1) is 13.8. The van der Waals surface area contributed by atoms with Gasteiger partial charge >= 0.3 is 0 Å². The van der Waals surface area contributed by atoms with Gasteiger partial charge in [0.15, 0.2) is 0 Å². The molecule has 1 atom stereocenters. The van der Waals surface area contributed by atoms with Crippen molar-refractivity contribution in [2.24, 2.45) is 0 Å². The molecule has 0 saturated carbocycles. The fourth-order valence-electron chi connectivity index (χ4n) is 2.44. The summed E-state index contributed by atoms with van der Waals surface area (Å²) in [5, 5.41) is 0. The Hall–Kier alpha value is -0.610. The zero-order valence-electron chi connectivity index (χ0n) is 10.6. The van der Waals surface area contributed by atoms with E-state index in [0.717, 1.165) is 21.1 Å². The second-order valence-corrected chi connectivity index (χ2v) is 7.48. The fraction of sp³-hybridized carbons (Fsp3) is 0.357. The SMILES string of the molecule is CCc1ccc2c(c1)C(C)(C=C(Br)Br)C(=O)N2C. The first-order valence-electron chi connectivity index (χ1n) is 5.85. The number of anilines is 1.